The number of carbonyl (C=O) groups excluding carboxylic acids is 1. The van der Waals surface area contributed by atoms with Gasteiger partial charge in [0.1, 0.15) is 0 Å². The topological polar surface area (TPSA) is 92.4 Å². The minimum absolute atomic E-state index is 0.265. The first-order valence-electron chi connectivity index (χ1n) is 5.61. The van der Waals surface area contributed by atoms with E-state index < -0.39 is 11.9 Å². The fourth-order valence-corrected chi connectivity index (χ4v) is 2.67. The van der Waals surface area contributed by atoms with E-state index in [0.29, 0.717) is 6.54 Å². The van der Waals surface area contributed by atoms with Crippen molar-refractivity contribution in [1.29, 1.82) is 0 Å². The van der Waals surface area contributed by atoms with E-state index in [-0.39, 0.29) is 16.1 Å². The molecule has 0 saturated heterocycles. The quantitative estimate of drug-likeness (QED) is 0.791. The summed E-state index contributed by atoms with van der Waals surface area (Å²) < 4.78 is 0. The molecule has 0 saturated carbocycles. The standard InChI is InChI=1S/C13H11ClN2O3S/c14-11-4-8(1-2-10(11)12(15)17)16-5-9-3-7(6-20-9)13(18)19/h1-4,6,16H,5H2,(H2,15,17)(H,18,19). The molecule has 1 amide bonds. The number of primary amides is 1. The van der Waals surface area contributed by atoms with E-state index in [0.717, 1.165) is 10.6 Å². The number of thiophene rings is 1. The van der Waals surface area contributed by atoms with Crippen molar-refractivity contribution in [3.63, 3.8) is 0 Å². The molecule has 0 unspecified atom stereocenters. The van der Waals surface area contributed by atoms with Crippen LogP contribution in [-0.2, 0) is 6.54 Å². The van der Waals surface area contributed by atoms with Crippen LogP contribution in [0.5, 0.6) is 0 Å². The zero-order chi connectivity index (χ0) is 14.7. The third-order valence-electron chi connectivity index (χ3n) is 2.60. The van der Waals surface area contributed by atoms with Gasteiger partial charge in [0.25, 0.3) is 0 Å². The number of rotatable bonds is 5. The molecule has 1 heterocycles. The Hall–Kier alpha value is -2.05. The number of benzene rings is 1. The number of anilines is 1. The van der Waals surface area contributed by atoms with E-state index in [1.165, 1.54) is 11.3 Å². The molecule has 104 valence electrons. The molecule has 0 fully saturated rings. The molecule has 0 aliphatic carbocycles. The second kappa shape index (κ2) is 5.94. The minimum Gasteiger partial charge on any atom is -0.478 e. The molecule has 2 aromatic rings. The summed E-state index contributed by atoms with van der Waals surface area (Å²) in [6.07, 6.45) is 0. The van der Waals surface area contributed by atoms with Crippen LogP contribution < -0.4 is 11.1 Å². The number of halogens is 1. The molecule has 0 spiro atoms. The van der Waals surface area contributed by atoms with E-state index in [1.54, 1.807) is 29.6 Å². The van der Waals surface area contributed by atoms with Gasteiger partial charge in [-0.15, -0.1) is 11.3 Å². The van der Waals surface area contributed by atoms with Gasteiger partial charge in [-0.25, -0.2) is 4.79 Å². The molecular formula is C13H11ClN2O3S. The Morgan fingerprint density at radius 2 is 2.10 bits per heavy atom. The smallest absolute Gasteiger partial charge is 0.336 e. The fourth-order valence-electron chi connectivity index (χ4n) is 1.60. The molecule has 1 aromatic heterocycles. The van der Waals surface area contributed by atoms with Crippen molar-refractivity contribution >= 4 is 40.5 Å². The molecular weight excluding hydrogens is 300 g/mol. The monoisotopic (exact) mass is 310 g/mol. The molecule has 20 heavy (non-hydrogen) atoms. The van der Waals surface area contributed by atoms with Gasteiger partial charge in [0, 0.05) is 22.5 Å². The van der Waals surface area contributed by atoms with E-state index >= 15 is 0 Å². The van der Waals surface area contributed by atoms with Gasteiger partial charge in [-0.1, -0.05) is 11.6 Å². The predicted molar refractivity (Wildman–Crippen MR) is 78.6 cm³/mol. The molecule has 1 aromatic carbocycles. The third kappa shape index (κ3) is 3.28. The van der Waals surface area contributed by atoms with Crippen LogP contribution in [0.2, 0.25) is 5.02 Å². The lowest BCUT2D eigenvalue weighted by molar-refractivity contribution is 0.0697. The summed E-state index contributed by atoms with van der Waals surface area (Å²) >= 11 is 7.29. The number of hydrogen-bond acceptors (Lipinski definition) is 4. The summed E-state index contributed by atoms with van der Waals surface area (Å²) in [5.41, 5.74) is 6.43. The summed E-state index contributed by atoms with van der Waals surface area (Å²) in [5.74, 6) is -1.52. The Kier molecular flexibility index (Phi) is 4.26. The molecule has 0 aliphatic rings. The molecule has 7 heteroatoms. The number of carboxylic acids is 1. The highest BCUT2D eigenvalue weighted by Gasteiger charge is 2.08. The van der Waals surface area contributed by atoms with Crippen molar-refractivity contribution in [3.8, 4) is 0 Å². The average Bonchev–Trinajstić information content (AvgIpc) is 2.85. The van der Waals surface area contributed by atoms with Crippen LogP contribution >= 0.6 is 22.9 Å². The van der Waals surface area contributed by atoms with Crippen LogP contribution in [-0.4, -0.2) is 17.0 Å². The number of hydrogen-bond donors (Lipinski definition) is 3. The van der Waals surface area contributed by atoms with Gasteiger partial charge in [-0.3, -0.25) is 4.79 Å². The lowest BCUT2D eigenvalue weighted by Gasteiger charge is -2.07. The van der Waals surface area contributed by atoms with Gasteiger partial charge >= 0.3 is 5.97 Å². The van der Waals surface area contributed by atoms with Crippen LogP contribution in [0.1, 0.15) is 25.6 Å². The van der Waals surface area contributed by atoms with Crippen molar-refractivity contribution in [2.45, 2.75) is 6.54 Å². The SMILES string of the molecule is NC(=O)c1ccc(NCc2cc(C(=O)O)cs2)cc1Cl. The Morgan fingerprint density at radius 1 is 1.35 bits per heavy atom. The van der Waals surface area contributed by atoms with E-state index in [9.17, 15) is 9.59 Å². The van der Waals surface area contributed by atoms with Crippen molar-refractivity contribution in [3.05, 3.63) is 50.7 Å². The summed E-state index contributed by atoms with van der Waals surface area (Å²) in [6.45, 7) is 0.476. The number of amides is 1. The first-order valence-corrected chi connectivity index (χ1v) is 6.87. The Labute approximate surface area is 124 Å². The minimum atomic E-state index is -0.943. The molecule has 5 nitrogen and oxygen atoms in total. The van der Waals surface area contributed by atoms with Gasteiger partial charge in [-0.05, 0) is 24.3 Å². The Balaban J connectivity index is 2.05. The zero-order valence-electron chi connectivity index (χ0n) is 10.2. The highest BCUT2D eigenvalue weighted by atomic mass is 35.5. The molecule has 0 aliphatic heterocycles. The molecule has 0 bridgehead atoms. The highest BCUT2D eigenvalue weighted by Crippen LogP contribution is 2.22. The van der Waals surface area contributed by atoms with Crippen molar-refractivity contribution < 1.29 is 14.7 Å². The van der Waals surface area contributed by atoms with Crippen molar-refractivity contribution in [2.24, 2.45) is 5.73 Å². The van der Waals surface area contributed by atoms with E-state index in [2.05, 4.69) is 5.32 Å². The van der Waals surface area contributed by atoms with Crippen LogP contribution in [0.25, 0.3) is 0 Å². The molecule has 0 atom stereocenters. The lowest BCUT2D eigenvalue weighted by Crippen LogP contribution is -2.11. The largest absolute Gasteiger partial charge is 0.478 e. The number of nitrogens with two attached hydrogens (primary N) is 1. The Morgan fingerprint density at radius 3 is 2.65 bits per heavy atom. The average molecular weight is 311 g/mol. The number of carbonyl (C=O) groups is 2. The number of nitrogens with one attached hydrogen (secondary N) is 1. The second-order valence-electron chi connectivity index (χ2n) is 4.02. The third-order valence-corrected chi connectivity index (χ3v) is 3.85. The van der Waals surface area contributed by atoms with Gasteiger partial charge in [-0.2, -0.15) is 0 Å². The first-order chi connectivity index (χ1) is 9.47. The number of aromatic carboxylic acids is 1. The van der Waals surface area contributed by atoms with Gasteiger partial charge < -0.3 is 16.2 Å². The maximum atomic E-state index is 11.0. The summed E-state index contributed by atoms with van der Waals surface area (Å²) in [7, 11) is 0. The van der Waals surface area contributed by atoms with Gasteiger partial charge in [0.2, 0.25) is 5.91 Å². The first kappa shape index (κ1) is 14.4. The van der Waals surface area contributed by atoms with Gasteiger partial charge in [0.05, 0.1) is 16.1 Å². The zero-order valence-corrected chi connectivity index (χ0v) is 11.8. The lowest BCUT2D eigenvalue weighted by atomic mass is 10.2. The maximum Gasteiger partial charge on any atom is 0.336 e. The van der Waals surface area contributed by atoms with Gasteiger partial charge in [0.15, 0.2) is 0 Å². The molecule has 0 radical (unpaired) electrons. The van der Waals surface area contributed by atoms with Crippen LogP contribution in [0.4, 0.5) is 5.69 Å². The summed E-state index contributed by atoms with van der Waals surface area (Å²) in [6, 6.07) is 6.45. The van der Waals surface area contributed by atoms with Crippen LogP contribution in [0, 0.1) is 0 Å². The highest BCUT2D eigenvalue weighted by molar-refractivity contribution is 7.10. The summed E-state index contributed by atoms with van der Waals surface area (Å²) in [4.78, 5) is 22.7. The van der Waals surface area contributed by atoms with Crippen molar-refractivity contribution in [2.75, 3.05) is 5.32 Å². The second-order valence-corrected chi connectivity index (χ2v) is 5.42. The normalized spacial score (nSPS) is 10.2. The maximum absolute atomic E-state index is 11.0. The fraction of sp³-hybridized carbons (Fsp3) is 0.0769. The van der Waals surface area contributed by atoms with E-state index in [1.807, 2.05) is 0 Å². The van der Waals surface area contributed by atoms with Crippen LogP contribution in [0.3, 0.4) is 0 Å². The number of carboxylic acid groups (broad SMARTS) is 1. The van der Waals surface area contributed by atoms with E-state index in [4.69, 9.17) is 22.4 Å². The Bertz CT molecular complexity index is 669. The molecule has 4 N–H and O–H groups in total. The molecule has 2 rings (SSSR count). The van der Waals surface area contributed by atoms with Crippen molar-refractivity contribution in [1.82, 2.24) is 0 Å². The van der Waals surface area contributed by atoms with Crippen LogP contribution in [0.15, 0.2) is 29.6 Å². The predicted octanol–water partition coefficient (Wildman–Crippen LogP) is 2.81. The summed E-state index contributed by atoms with van der Waals surface area (Å²) in [5, 5.41) is 13.8.